The van der Waals surface area contributed by atoms with E-state index < -0.39 is 23.3 Å². The molecule has 0 fully saturated rings. The molecule has 1 heterocycles. The normalized spacial score (nSPS) is 25.7. The van der Waals surface area contributed by atoms with Crippen LogP contribution in [-0.2, 0) is 9.59 Å². The third kappa shape index (κ3) is 2.14. The molecule has 1 aromatic heterocycles. The van der Waals surface area contributed by atoms with E-state index in [0.717, 1.165) is 0 Å². The highest BCUT2D eigenvalue weighted by molar-refractivity contribution is 5.93. The molecule has 0 amide bonds. The summed E-state index contributed by atoms with van der Waals surface area (Å²) in [5.41, 5.74) is -0.670. The molecule has 2 unspecified atom stereocenters. The standard InChI is InChI=1S/C14H13NO4/c1-14(13(18)19)6-2-5-10(12(16)17)11(14)9-4-3-7-15-8-9/h2-8,11H,1H3,(H,16,17)(H,18,19). The summed E-state index contributed by atoms with van der Waals surface area (Å²) in [4.78, 5) is 26.8. The van der Waals surface area contributed by atoms with Crippen molar-refractivity contribution in [1.82, 2.24) is 4.98 Å². The van der Waals surface area contributed by atoms with Gasteiger partial charge in [0.2, 0.25) is 0 Å². The quantitative estimate of drug-likeness (QED) is 0.864. The highest BCUT2D eigenvalue weighted by Gasteiger charge is 2.45. The molecule has 19 heavy (non-hydrogen) atoms. The average Bonchev–Trinajstić information content (AvgIpc) is 2.39. The summed E-state index contributed by atoms with van der Waals surface area (Å²) >= 11 is 0. The van der Waals surface area contributed by atoms with Crippen LogP contribution in [0.1, 0.15) is 18.4 Å². The summed E-state index contributed by atoms with van der Waals surface area (Å²) in [6.45, 7) is 1.51. The molecule has 0 radical (unpaired) electrons. The van der Waals surface area contributed by atoms with Gasteiger partial charge in [0.15, 0.2) is 0 Å². The predicted octanol–water partition coefficient (Wildman–Crippen LogP) is 1.84. The van der Waals surface area contributed by atoms with Gasteiger partial charge in [-0.05, 0) is 18.6 Å². The number of carboxylic acids is 2. The van der Waals surface area contributed by atoms with Gasteiger partial charge in [-0.1, -0.05) is 24.3 Å². The first-order valence-electron chi connectivity index (χ1n) is 5.73. The largest absolute Gasteiger partial charge is 0.481 e. The lowest BCUT2D eigenvalue weighted by atomic mass is 9.67. The first kappa shape index (κ1) is 13.0. The van der Waals surface area contributed by atoms with Crippen LogP contribution < -0.4 is 0 Å². The van der Waals surface area contributed by atoms with E-state index in [4.69, 9.17) is 0 Å². The van der Waals surface area contributed by atoms with Gasteiger partial charge in [-0.3, -0.25) is 9.78 Å². The molecule has 1 aromatic rings. The second kappa shape index (κ2) is 4.68. The number of aromatic nitrogens is 1. The van der Waals surface area contributed by atoms with Crippen molar-refractivity contribution < 1.29 is 19.8 Å². The van der Waals surface area contributed by atoms with E-state index in [0.29, 0.717) is 5.56 Å². The van der Waals surface area contributed by atoms with E-state index in [1.54, 1.807) is 18.3 Å². The highest BCUT2D eigenvalue weighted by Crippen LogP contribution is 2.44. The molecular formula is C14H13NO4. The van der Waals surface area contributed by atoms with Crippen LogP contribution in [0.25, 0.3) is 0 Å². The topological polar surface area (TPSA) is 87.5 Å². The number of hydrogen-bond donors (Lipinski definition) is 2. The van der Waals surface area contributed by atoms with Gasteiger partial charge >= 0.3 is 11.9 Å². The smallest absolute Gasteiger partial charge is 0.332 e. The van der Waals surface area contributed by atoms with Crippen molar-refractivity contribution >= 4 is 11.9 Å². The van der Waals surface area contributed by atoms with E-state index in [9.17, 15) is 19.8 Å². The Labute approximate surface area is 109 Å². The van der Waals surface area contributed by atoms with Crippen molar-refractivity contribution in [2.75, 3.05) is 0 Å². The Morgan fingerprint density at radius 3 is 2.63 bits per heavy atom. The summed E-state index contributed by atoms with van der Waals surface area (Å²) in [5, 5.41) is 18.7. The molecule has 0 aromatic carbocycles. The summed E-state index contributed by atoms with van der Waals surface area (Å²) in [5.74, 6) is -2.95. The Morgan fingerprint density at radius 1 is 1.37 bits per heavy atom. The number of rotatable bonds is 3. The number of aliphatic carboxylic acids is 2. The van der Waals surface area contributed by atoms with Crippen LogP contribution in [0.4, 0.5) is 0 Å². The van der Waals surface area contributed by atoms with Gasteiger partial charge in [0.1, 0.15) is 0 Å². The van der Waals surface area contributed by atoms with Crippen LogP contribution in [-0.4, -0.2) is 27.1 Å². The third-order valence-corrected chi connectivity index (χ3v) is 3.35. The lowest BCUT2D eigenvalue weighted by Gasteiger charge is -2.34. The fourth-order valence-corrected chi connectivity index (χ4v) is 2.33. The summed E-state index contributed by atoms with van der Waals surface area (Å²) in [6.07, 6.45) is 7.49. The van der Waals surface area contributed by atoms with Crippen molar-refractivity contribution in [1.29, 1.82) is 0 Å². The van der Waals surface area contributed by atoms with Crippen LogP contribution in [0, 0.1) is 5.41 Å². The zero-order valence-electron chi connectivity index (χ0n) is 10.3. The Hall–Kier alpha value is -2.43. The highest BCUT2D eigenvalue weighted by atomic mass is 16.4. The zero-order valence-corrected chi connectivity index (χ0v) is 10.3. The van der Waals surface area contributed by atoms with Gasteiger partial charge in [-0.15, -0.1) is 0 Å². The molecule has 1 aliphatic rings. The first-order valence-corrected chi connectivity index (χ1v) is 5.73. The van der Waals surface area contributed by atoms with E-state index in [1.807, 2.05) is 0 Å². The number of carbonyl (C=O) groups is 2. The van der Waals surface area contributed by atoms with Crippen molar-refractivity contribution in [3.63, 3.8) is 0 Å². The van der Waals surface area contributed by atoms with Crippen molar-refractivity contribution in [3.05, 3.63) is 53.9 Å². The molecule has 1 aliphatic carbocycles. The second-order valence-corrected chi connectivity index (χ2v) is 4.59. The van der Waals surface area contributed by atoms with Gasteiger partial charge in [0.25, 0.3) is 0 Å². The van der Waals surface area contributed by atoms with Crippen LogP contribution in [0.2, 0.25) is 0 Å². The molecule has 98 valence electrons. The van der Waals surface area contributed by atoms with Crippen LogP contribution in [0.15, 0.2) is 48.3 Å². The van der Waals surface area contributed by atoms with E-state index in [1.165, 1.54) is 31.3 Å². The first-order chi connectivity index (χ1) is 8.97. The van der Waals surface area contributed by atoms with Crippen LogP contribution >= 0.6 is 0 Å². The van der Waals surface area contributed by atoms with E-state index in [-0.39, 0.29) is 5.57 Å². The van der Waals surface area contributed by atoms with E-state index >= 15 is 0 Å². The minimum absolute atomic E-state index is 0.0559. The maximum absolute atomic E-state index is 11.5. The molecule has 0 saturated heterocycles. The fraction of sp³-hybridized carbons (Fsp3) is 0.214. The lowest BCUT2D eigenvalue weighted by molar-refractivity contribution is -0.146. The fourth-order valence-electron chi connectivity index (χ4n) is 2.33. The van der Waals surface area contributed by atoms with Crippen LogP contribution in [0.3, 0.4) is 0 Å². The number of hydrogen-bond acceptors (Lipinski definition) is 3. The van der Waals surface area contributed by atoms with Gasteiger partial charge in [0.05, 0.1) is 5.41 Å². The third-order valence-electron chi connectivity index (χ3n) is 3.35. The SMILES string of the molecule is CC1(C(=O)O)C=CC=C(C(=O)O)C1c1cccnc1. The Kier molecular flexibility index (Phi) is 3.21. The summed E-state index contributed by atoms with van der Waals surface area (Å²) in [6, 6.07) is 3.35. The monoisotopic (exact) mass is 259 g/mol. The Bertz CT molecular complexity index is 576. The van der Waals surface area contributed by atoms with Gasteiger partial charge in [-0.25, -0.2) is 4.79 Å². The molecule has 2 rings (SSSR count). The molecule has 2 N–H and O–H groups in total. The maximum Gasteiger partial charge on any atom is 0.332 e. The number of carboxylic acid groups (broad SMARTS) is 2. The lowest BCUT2D eigenvalue weighted by Crippen LogP contribution is -2.36. The van der Waals surface area contributed by atoms with Crippen molar-refractivity contribution in [3.8, 4) is 0 Å². The molecule has 0 saturated carbocycles. The number of nitrogens with zero attached hydrogens (tertiary/aromatic N) is 1. The summed E-state index contributed by atoms with van der Waals surface area (Å²) in [7, 11) is 0. The molecule has 0 aliphatic heterocycles. The molecule has 0 bridgehead atoms. The van der Waals surface area contributed by atoms with Crippen molar-refractivity contribution in [2.24, 2.45) is 5.41 Å². The molecule has 0 spiro atoms. The predicted molar refractivity (Wildman–Crippen MR) is 67.6 cm³/mol. The van der Waals surface area contributed by atoms with Gasteiger partial charge in [-0.2, -0.15) is 0 Å². The minimum Gasteiger partial charge on any atom is -0.481 e. The zero-order chi connectivity index (χ0) is 14.0. The van der Waals surface area contributed by atoms with Gasteiger partial charge < -0.3 is 10.2 Å². The molecule has 2 atom stereocenters. The van der Waals surface area contributed by atoms with Gasteiger partial charge in [0, 0.05) is 23.9 Å². The van der Waals surface area contributed by atoms with E-state index in [2.05, 4.69) is 4.98 Å². The molecule has 5 nitrogen and oxygen atoms in total. The molecule has 5 heteroatoms. The number of allylic oxidation sites excluding steroid dienone is 2. The van der Waals surface area contributed by atoms with Crippen LogP contribution in [0.5, 0.6) is 0 Å². The average molecular weight is 259 g/mol. The molecular weight excluding hydrogens is 246 g/mol. The Morgan fingerprint density at radius 2 is 2.11 bits per heavy atom. The van der Waals surface area contributed by atoms with Crippen molar-refractivity contribution in [2.45, 2.75) is 12.8 Å². The number of pyridine rings is 1. The second-order valence-electron chi connectivity index (χ2n) is 4.59. The minimum atomic E-state index is -1.30. The Balaban J connectivity index is 2.60. The summed E-state index contributed by atoms with van der Waals surface area (Å²) < 4.78 is 0. The maximum atomic E-state index is 11.5.